The van der Waals surface area contributed by atoms with Crippen LogP contribution in [0.1, 0.15) is 43.0 Å². The fourth-order valence-corrected chi connectivity index (χ4v) is 4.60. The number of hydrogen-bond donors (Lipinski definition) is 0. The number of benzene rings is 4. The summed E-state index contributed by atoms with van der Waals surface area (Å²) in [6, 6.07) is 22.9. The van der Waals surface area contributed by atoms with Crippen molar-refractivity contribution >= 4 is 45.5 Å². The molecule has 0 fully saturated rings. The summed E-state index contributed by atoms with van der Waals surface area (Å²) in [4.78, 5) is 35.2. The second kappa shape index (κ2) is 11.5. The van der Waals surface area contributed by atoms with Crippen molar-refractivity contribution in [1.29, 1.82) is 0 Å². The molecule has 0 aromatic heterocycles. The van der Waals surface area contributed by atoms with Crippen LogP contribution < -0.4 is 0 Å². The monoisotopic (exact) mass is 549 g/mol. The molecule has 38 heavy (non-hydrogen) atoms. The van der Waals surface area contributed by atoms with Crippen molar-refractivity contribution in [3.63, 3.8) is 0 Å². The Balaban J connectivity index is 0.00000200. The van der Waals surface area contributed by atoms with Crippen molar-refractivity contribution in [3.8, 4) is 0 Å². The van der Waals surface area contributed by atoms with Crippen molar-refractivity contribution in [1.82, 2.24) is 0 Å². The number of aryl methyl sites for hydroxylation is 2. The van der Waals surface area contributed by atoms with Crippen LogP contribution in [-0.2, 0) is 26.0 Å². The van der Waals surface area contributed by atoms with Crippen LogP contribution in [0.3, 0.4) is 0 Å². The number of rotatable bonds is 4. The molecule has 0 saturated carbocycles. The average molecular weight is 550 g/mol. The molecule has 4 aromatic rings. The van der Waals surface area contributed by atoms with E-state index in [1.165, 1.54) is 14.2 Å². The maximum Gasteiger partial charge on any atom is 0.340 e. The summed E-state index contributed by atoms with van der Waals surface area (Å²) in [6.45, 7) is 3.81. The number of methoxy groups -OCH3 is 2. The van der Waals surface area contributed by atoms with Crippen LogP contribution in [-0.4, -0.2) is 37.6 Å². The molecule has 6 nitrogen and oxygen atoms in total. The van der Waals surface area contributed by atoms with Gasteiger partial charge in [-0.15, -0.1) is 0 Å². The summed E-state index contributed by atoms with van der Waals surface area (Å²) >= 11 is 0. The zero-order valence-corrected chi connectivity index (χ0v) is 22.8. The van der Waals surface area contributed by atoms with Crippen molar-refractivity contribution in [2.45, 2.75) is 13.8 Å². The maximum absolute atomic E-state index is 12.6. The molecule has 5 rings (SSSR count). The first kappa shape index (κ1) is 28.5. The van der Waals surface area contributed by atoms with Crippen molar-refractivity contribution in [2.24, 2.45) is 9.98 Å². The number of ether oxygens (including phenoxy) is 2. The molecule has 0 saturated heterocycles. The van der Waals surface area contributed by atoms with Gasteiger partial charge >= 0.3 is 11.9 Å². The molecule has 0 aliphatic heterocycles. The van der Waals surface area contributed by atoms with E-state index in [9.17, 15) is 9.59 Å². The Morgan fingerprint density at radius 3 is 1.42 bits per heavy atom. The van der Waals surface area contributed by atoms with Gasteiger partial charge in [0, 0.05) is 33.0 Å². The Bertz CT molecular complexity index is 1510. The molecule has 0 bridgehead atoms. The Morgan fingerprint density at radius 1 is 0.632 bits per heavy atom. The van der Waals surface area contributed by atoms with Gasteiger partial charge in [-0.1, -0.05) is 60.7 Å². The molecule has 0 spiro atoms. The van der Waals surface area contributed by atoms with Crippen molar-refractivity contribution < 1.29 is 35.6 Å². The van der Waals surface area contributed by atoms with E-state index in [-0.39, 0.29) is 23.9 Å². The van der Waals surface area contributed by atoms with E-state index < -0.39 is 11.9 Å². The third kappa shape index (κ3) is 4.78. The fraction of sp³-hybridized carbons (Fsp3) is 0.129. The van der Waals surface area contributed by atoms with E-state index >= 15 is 0 Å². The van der Waals surface area contributed by atoms with Crippen LogP contribution in [0.25, 0.3) is 10.8 Å². The smallest absolute Gasteiger partial charge is 0.340 e. The Kier molecular flexibility index (Phi) is 8.64. The normalized spacial score (nSPS) is 13.7. The van der Waals surface area contributed by atoms with Gasteiger partial charge in [0.1, 0.15) is 0 Å². The largest absolute Gasteiger partial charge is 0.465 e. The SMILES string of the molecule is COC(=O)c1cccc(C)c1N=C1C(=Nc2c(C)cccc2C(=O)OC)c2cccc3cccc1c23.[CH3-].[Ni]. The topological polar surface area (TPSA) is 77.3 Å². The molecule has 7 heteroatoms. The van der Waals surface area contributed by atoms with Crippen LogP contribution in [0.2, 0.25) is 0 Å². The molecule has 4 aromatic carbocycles. The van der Waals surface area contributed by atoms with E-state index in [1.807, 2.05) is 62.4 Å². The van der Waals surface area contributed by atoms with E-state index in [1.54, 1.807) is 24.3 Å². The van der Waals surface area contributed by atoms with Crippen LogP contribution in [0, 0.1) is 21.3 Å². The quantitative estimate of drug-likeness (QED) is 0.160. The summed E-state index contributed by atoms with van der Waals surface area (Å²) in [5.41, 5.74) is 6.53. The summed E-state index contributed by atoms with van der Waals surface area (Å²) < 4.78 is 10.0. The van der Waals surface area contributed by atoms with E-state index in [0.717, 1.165) is 33.0 Å². The van der Waals surface area contributed by atoms with Crippen molar-refractivity contribution in [2.75, 3.05) is 14.2 Å². The zero-order valence-electron chi connectivity index (χ0n) is 21.8. The molecule has 0 atom stereocenters. The predicted octanol–water partition coefficient (Wildman–Crippen LogP) is 6.73. The molecule has 0 unspecified atom stereocenters. The van der Waals surface area contributed by atoms with E-state index in [0.29, 0.717) is 33.9 Å². The first-order valence-corrected chi connectivity index (χ1v) is 11.5. The molecule has 0 amide bonds. The molecule has 0 N–H and O–H groups in total. The van der Waals surface area contributed by atoms with Gasteiger partial charge in [-0.3, -0.25) is 0 Å². The van der Waals surface area contributed by atoms with Crippen LogP contribution in [0.15, 0.2) is 82.8 Å². The third-order valence-electron chi connectivity index (χ3n) is 6.37. The molecule has 0 heterocycles. The number of para-hydroxylation sites is 2. The van der Waals surface area contributed by atoms with Gasteiger partial charge in [-0.05, 0) is 42.5 Å². The minimum Gasteiger partial charge on any atom is -0.465 e. The molecule has 0 radical (unpaired) electrons. The molecule has 1 aliphatic rings. The molecular weight excluding hydrogens is 523 g/mol. The van der Waals surface area contributed by atoms with Gasteiger partial charge in [-0.25, -0.2) is 19.6 Å². The molecule has 1 aliphatic carbocycles. The fourth-order valence-electron chi connectivity index (χ4n) is 4.60. The second-order valence-corrected chi connectivity index (χ2v) is 8.56. The van der Waals surface area contributed by atoms with Gasteiger partial charge in [0.2, 0.25) is 0 Å². The molecular formula is C31H27N2NiO4-. The Labute approximate surface area is 232 Å². The number of esters is 2. The summed E-state index contributed by atoms with van der Waals surface area (Å²) in [7, 11) is 2.71. The molecule has 196 valence electrons. The first-order chi connectivity index (χ1) is 17.4. The van der Waals surface area contributed by atoms with E-state index in [4.69, 9.17) is 19.5 Å². The summed E-state index contributed by atoms with van der Waals surface area (Å²) in [6.07, 6.45) is 0. The predicted molar refractivity (Wildman–Crippen MR) is 148 cm³/mol. The maximum atomic E-state index is 12.6. The second-order valence-electron chi connectivity index (χ2n) is 8.56. The Hall–Kier alpha value is -4.09. The number of aliphatic imine (C=N–C) groups is 2. The van der Waals surface area contributed by atoms with Gasteiger partial charge in [0.05, 0.1) is 48.1 Å². The average Bonchev–Trinajstić information content (AvgIpc) is 3.19. The van der Waals surface area contributed by atoms with Gasteiger partial charge in [-0.2, -0.15) is 0 Å². The standard InChI is InChI=1S/C30H24N2O4.CH3.Ni/c1-17-9-5-15-22(29(33)35-3)25(17)31-27-20-13-7-11-19-12-8-14-21(24(19)20)28(27)32-26-18(2)10-6-16-23(26)30(34)36-4;;/h5-16H,1-4H3;1H3;/q;-1;. The summed E-state index contributed by atoms with van der Waals surface area (Å²) in [5.74, 6) is -0.922. The number of carbonyl (C=O) groups is 2. The number of nitrogens with zero attached hydrogens (tertiary/aromatic N) is 2. The minimum atomic E-state index is -0.461. The number of hydrogen-bond acceptors (Lipinski definition) is 6. The number of carbonyl (C=O) groups excluding carboxylic acids is 2. The first-order valence-electron chi connectivity index (χ1n) is 11.5. The van der Waals surface area contributed by atoms with Gasteiger partial charge < -0.3 is 16.9 Å². The van der Waals surface area contributed by atoms with Crippen LogP contribution >= 0.6 is 0 Å². The van der Waals surface area contributed by atoms with Crippen LogP contribution in [0.4, 0.5) is 11.4 Å². The third-order valence-corrected chi connectivity index (χ3v) is 6.37. The van der Waals surface area contributed by atoms with Gasteiger partial charge in [0.25, 0.3) is 0 Å². The van der Waals surface area contributed by atoms with Crippen molar-refractivity contribution in [3.05, 3.63) is 114 Å². The van der Waals surface area contributed by atoms with Gasteiger partial charge in [0.15, 0.2) is 0 Å². The zero-order chi connectivity index (χ0) is 25.4. The van der Waals surface area contributed by atoms with E-state index in [2.05, 4.69) is 0 Å². The van der Waals surface area contributed by atoms with Crippen LogP contribution in [0.5, 0.6) is 0 Å². The Morgan fingerprint density at radius 2 is 1.03 bits per heavy atom. The minimum absolute atomic E-state index is 0. The summed E-state index contributed by atoms with van der Waals surface area (Å²) in [5, 5.41) is 2.08.